The molecule has 3 atom stereocenters. The van der Waals surface area contributed by atoms with E-state index in [2.05, 4.69) is 41.8 Å². The standard InChI is InChI=1S/C18H19Cl2N7/c1-26(17-13-2-3-21-16(13)22-9-23-17)12-4-10-7-27(8-11(10)5-12)15-6-14(19)24-18(20)25-15/h2-3,6,9-12H,4-5,7-8H2,1H3,(H,21,22,23)/t10-,11?,12+/m0/s1. The number of aromatic nitrogens is 5. The maximum absolute atomic E-state index is 6.04. The molecule has 0 radical (unpaired) electrons. The molecule has 1 aliphatic carbocycles. The van der Waals surface area contributed by atoms with Crippen LogP contribution in [-0.4, -0.2) is 51.1 Å². The molecular weight excluding hydrogens is 385 g/mol. The van der Waals surface area contributed by atoms with Crippen molar-refractivity contribution in [3.8, 4) is 0 Å². The van der Waals surface area contributed by atoms with Crippen molar-refractivity contribution in [3.05, 3.63) is 35.1 Å². The van der Waals surface area contributed by atoms with Crippen molar-refractivity contribution >= 4 is 45.9 Å². The fourth-order valence-corrected chi connectivity index (χ4v) is 5.02. The van der Waals surface area contributed by atoms with E-state index in [-0.39, 0.29) is 5.28 Å². The third-order valence-corrected chi connectivity index (χ3v) is 6.28. The lowest BCUT2D eigenvalue weighted by atomic mass is 10.0. The minimum atomic E-state index is 0.200. The number of fused-ring (bicyclic) bond motifs is 2. The molecule has 5 rings (SSSR count). The quantitative estimate of drug-likeness (QED) is 0.533. The highest BCUT2D eigenvalue weighted by Gasteiger charge is 2.43. The maximum atomic E-state index is 6.04. The van der Waals surface area contributed by atoms with Crippen molar-refractivity contribution in [2.75, 3.05) is 29.9 Å². The lowest BCUT2D eigenvalue weighted by molar-refractivity contribution is 0.494. The second kappa shape index (κ2) is 6.49. The summed E-state index contributed by atoms with van der Waals surface area (Å²) in [6, 6.07) is 4.32. The largest absolute Gasteiger partial charge is 0.356 e. The molecule has 1 N–H and O–H groups in total. The van der Waals surface area contributed by atoms with E-state index in [4.69, 9.17) is 23.2 Å². The number of anilines is 2. The van der Waals surface area contributed by atoms with Crippen LogP contribution in [0.2, 0.25) is 10.4 Å². The SMILES string of the molecule is CN(c1ncnc2[nH]ccc12)[C@H]1CC2CN(c3cc(Cl)nc(Cl)n3)C[C@@H]2C1. The summed E-state index contributed by atoms with van der Waals surface area (Å²) in [5, 5.41) is 1.66. The van der Waals surface area contributed by atoms with Crippen LogP contribution in [0.1, 0.15) is 12.8 Å². The van der Waals surface area contributed by atoms with Gasteiger partial charge in [-0.15, -0.1) is 0 Å². The number of rotatable bonds is 3. The molecule has 1 aliphatic heterocycles. The maximum Gasteiger partial charge on any atom is 0.225 e. The predicted molar refractivity (Wildman–Crippen MR) is 107 cm³/mol. The summed E-state index contributed by atoms with van der Waals surface area (Å²) < 4.78 is 0. The Morgan fingerprint density at radius 3 is 2.67 bits per heavy atom. The zero-order valence-electron chi connectivity index (χ0n) is 14.8. The predicted octanol–water partition coefficient (Wildman–Crippen LogP) is 3.41. The number of halogens is 2. The van der Waals surface area contributed by atoms with Gasteiger partial charge in [0.2, 0.25) is 5.28 Å². The van der Waals surface area contributed by atoms with Crippen LogP contribution in [-0.2, 0) is 0 Å². The highest BCUT2D eigenvalue weighted by molar-refractivity contribution is 6.32. The van der Waals surface area contributed by atoms with Gasteiger partial charge < -0.3 is 14.8 Å². The molecule has 27 heavy (non-hydrogen) atoms. The summed E-state index contributed by atoms with van der Waals surface area (Å²) in [7, 11) is 2.14. The minimum absolute atomic E-state index is 0.200. The zero-order valence-corrected chi connectivity index (χ0v) is 16.3. The molecule has 0 bridgehead atoms. The molecule has 9 heteroatoms. The number of aromatic amines is 1. The average Bonchev–Trinajstić information content (AvgIpc) is 3.33. The number of hydrogen-bond acceptors (Lipinski definition) is 6. The molecule has 0 spiro atoms. The van der Waals surface area contributed by atoms with Crippen LogP contribution in [0.4, 0.5) is 11.6 Å². The van der Waals surface area contributed by atoms with E-state index in [1.165, 1.54) is 0 Å². The van der Waals surface area contributed by atoms with Crippen molar-refractivity contribution in [3.63, 3.8) is 0 Å². The molecule has 1 unspecified atom stereocenters. The van der Waals surface area contributed by atoms with Crippen molar-refractivity contribution in [2.45, 2.75) is 18.9 Å². The minimum Gasteiger partial charge on any atom is -0.356 e. The number of H-pyrrole nitrogens is 1. The first-order chi connectivity index (χ1) is 13.1. The van der Waals surface area contributed by atoms with Crippen LogP contribution in [0, 0.1) is 11.8 Å². The molecule has 3 aromatic heterocycles. The topological polar surface area (TPSA) is 73.8 Å². The van der Waals surface area contributed by atoms with E-state index in [0.29, 0.717) is 23.0 Å². The Hall–Kier alpha value is -2.12. The van der Waals surface area contributed by atoms with Gasteiger partial charge in [0, 0.05) is 38.4 Å². The van der Waals surface area contributed by atoms with Crippen LogP contribution in [0.25, 0.3) is 11.0 Å². The van der Waals surface area contributed by atoms with Gasteiger partial charge in [-0.2, -0.15) is 0 Å². The van der Waals surface area contributed by atoms with Crippen LogP contribution < -0.4 is 9.80 Å². The van der Waals surface area contributed by atoms with Gasteiger partial charge in [0.1, 0.15) is 28.8 Å². The highest BCUT2D eigenvalue weighted by atomic mass is 35.5. The summed E-state index contributed by atoms with van der Waals surface area (Å²) >= 11 is 12.0. The Kier molecular flexibility index (Phi) is 4.09. The lowest BCUT2D eigenvalue weighted by Gasteiger charge is -2.28. The Bertz CT molecular complexity index is 957. The summed E-state index contributed by atoms with van der Waals surface area (Å²) in [4.78, 5) is 24.9. The Morgan fingerprint density at radius 1 is 1.15 bits per heavy atom. The number of nitrogens with zero attached hydrogens (tertiary/aromatic N) is 6. The average molecular weight is 404 g/mol. The molecule has 1 saturated carbocycles. The van der Waals surface area contributed by atoms with Gasteiger partial charge in [-0.25, -0.2) is 19.9 Å². The van der Waals surface area contributed by atoms with Crippen molar-refractivity contribution in [1.82, 2.24) is 24.9 Å². The molecule has 2 fully saturated rings. The molecule has 2 aliphatic rings. The van der Waals surface area contributed by atoms with Crippen LogP contribution in [0.15, 0.2) is 24.7 Å². The number of nitrogens with one attached hydrogen (secondary N) is 1. The van der Waals surface area contributed by atoms with Gasteiger partial charge in [-0.3, -0.25) is 0 Å². The molecule has 4 heterocycles. The zero-order chi connectivity index (χ0) is 18.5. The van der Waals surface area contributed by atoms with Gasteiger partial charge in [0.25, 0.3) is 0 Å². The fourth-order valence-electron chi connectivity index (χ4n) is 4.62. The third kappa shape index (κ3) is 2.99. The fraction of sp³-hybridized carbons (Fsp3) is 0.444. The molecular formula is C18H19Cl2N7. The Labute approximate surface area is 166 Å². The molecule has 7 nitrogen and oxygen atoms in total. The summed E-state index contributed by atoms with van der Waals surface area (Å²) in [5.74, 6) is 3.09. The van der Waals surface area contributed by atoms with Crippen LogP contribution in [0.5, 0.6) is 0 Å². The van der Waals surface area contributed by atoms with Gasteiger partial charge in [-0.1, -0.05) is 11.6 Å². The van der Waals surface area contributed by atoms with Crippen molar-refractivity contribution in [2.24, 2.45) is 11.8 Å². The van der Waals surface area contributed by atoms with Gasteiger partial charge in [0.05, 0.1) is 5.39 Å². The molecule has 0 aromatic carbocycles. The Morgan fingerprint density at radius 2 is 1.93 bits per heavy atom. The lowest BCUT2D eigenvalue weighted by Crippen LogP contribution is -2.33. The van der Waals surface area contributed by atoms with E-state index >= 15 is 0 Å². The first-order valence-electron chi connectivity index (χ1n) is 9.04. The molecule has 140 valence electrons. The molecule has 1 saturated heterocycles. The first kappa shape index (κ1) is 17.0. The Balaban J connectivity index is 1.31. The van der Waals surface area contributed by atoms with Crippen LogP contribution in [0.3, 0.4) is 0 Å². The van der Waals surface area contributed by atoms with E-state index in [9.17, 15) is 0 Å². The van der Waals surface area contributed by atoms with E-state index in [0.717, 1.165) is 48.6 Å². The van der Waals surface area contributed by atoms with E-state index in [1.807, 2.05) is 12.3 Å². The molecule has 0 amide bonds. The van der Waals surface area contributed by atoms with Gasteiger partial charge in [0.15, 0.2) is 0 Å². The third-order valence-electron chi connectivity index (χ3n) is 5.92. The second-order valence-electron chi connectivity index (χ2n) is 7.42. The van der Waals surface area contributed by atoms with Gasteiger partial charge >= 0.3 is 0 Å². The normalized spacial score (nSPS) is 24.6. The van der Waals surface area contributed by atoms with E-state index in [1.54, 1.807) is 12.4 Å². The summed E-state index contributed by atoms with van der Waals surface area (Å²) in [6.45, 7) is 1.95. The molecule has 3 aromatic rings. The first-order valence-corrected chi connectivity index (χ1v) is 9.80. The monoisotopic (exact) mass is 403 g/mol. The van der Waals surface area contributed by atoms with Crippen molar-refractivity contribution < 1.29 is 0 Å². The second-order valence-corrected chi connectivity index (χ2v) is 8.14. The number of hydrogen-bond donors (Lipinski definition) is 1. The smallest absolute Gasteiger partial charge is 0.225 e. The van der Waals surface area contributed by atoms with Crippen LogP contribution >= 0.6 is 23.2 Å². The van der Waals surface area contributed by atoms with Gasteiger partial charge in [-0.05, 0) is 42.3 Å². The highest BCUT2D eigenvalue weighted by Crippen LogP contribution is 2.42. The summed E-state index contributed by atoms with van der Waals surface area (Å²) in [5.41, 5.74) is 0.883. The van der Waals surface area contributed by atoms with E-state index < -0.39 is 0 Å². The van der Waals surface area contributed by atoms with Crippen molar-refractivity contribution in [1.29, 1.82) is 0 Å². The summed E-state index contributed by atoms with van der Waals surface area (Å²) in [6.07, 6.45) is 5.82.